The molecule has 0 aromatic heterocycles. The van der Waals surface area contributed by atoms with Crippen molar-refractivity contribution in [2.24, 2.45) is 0 Å². The van der Waals surface area contributed by atoms with Gasteiger partial charge in [-0.05, 0) is 46.6 Å². The minimum Gasteiger partial charge on any atom is -0.310 e. The third kappa shape index (κ3) is 3.94. The van der Waals surface area contributed by atoms with Crippen LogP contribution >= 0.6 is 11.6 Å². The minimum atomic E-state index is -0.311. The van der Waals surface area contributed by atoms with E-state index in [1.165, 1.54) is 0 Å². The molecule has 0 radical (unpaired) electrons. The third-order valence-corrected chi connectivity index (χ3v) is 4.09. The highest BCUT2D eigenvalue weighted by molar-refractivity contribution is 6.30. The summed E-state index contributed by atoms with van der Waals surface area (Å²) in [6.07, 6.45) is 2.05. The van der Waals surface area contributed by atoms with E-state index in [-0.39, 0.29) is 21.9 Å². The van der Waals surface area contributed by atoms with Gasteiger partial charge in [0.2, 0.25) is 0 Å². The standard InChI is InChI=1S/C16H24ClFN2/c1-15(2)8-12(9-16(3,4)20-15)19-10-11-6-5-7-13(17)14(11)18/h5-7,12,19-20H,8-10H2,1-4H3. The summed E-state index contributed by atoms with van der Waals surface area (Å²) >= 11 is 5.81. The van der Waals surface area contributed by atoms with E-state index in [0.29, 0.717) is 18.2 Å². The average molecular weight is 299 g/mol. The van der Waals surface area contributed by atoms with E-state index in [4.69, 9.17) is 11.6 Å². The zero-order valence-corrected chi connectivity index (χ0v) is 13.4. The molecule has 4 heteroatoms. The molecule has 0 spiro atoms. The van der Waals surface area contributed by atoms with Crippen LogP contribution in [0.1, 0.15) is 46.1 Å². The van der Waals surface area contributed by atoms with Crippen LogP contribution in [0.15, 0.2) is 18.2 Å². The van der Waals surface area contributed by atoms with E-state index in [2.05, 4.69) is 38.3 Å². The first-order chi connectivity index (χ1) is 9.19. The van der Waals surface area contributed by atoms with Crippen LogP contribution in [0, 0.1) is 5.82 Å². The van der Waals surface area contributed by atoms with Crippen LogP contribution in [0.25, 0.3) is 0 Å². The van der Waals surface area contributed by atoms with E-state index in [1.807, 2.05) is 0 Å². The fraction of sp³-hybridized carbons (Fsp3) is 0.625. The van der Waals surface area contributed by atoms with Crippen LogP contribution in [-0.2, 0) is 6.54 Å². The third-order valence-electron chi connectivity index (χ3n) is 3.80. The molecular formula is C16H24ClFN2. The molecule has 0 saturated carbocycles. The van der Waals surface area contributed by atoms with Gasteiger partial charge in [0, 0.05) is 29.2 Å². The summed E-state index contributed by atoms with van der Waals surface area (Å²) in [6.45, 7) is 9.36. The van der Waals surface area contributed by atoms with Gasteiger partial charge in [0.15, 0.2) is 0 Å². The second-order valence-electron chi connectivity index (χ2n) is 7.09. The van der Waals surface area contributed by atoms with Crippen molar-refractivity contribution in [3.05, 3.63) is 34.6 Å². The molecule has 1 aliphatic rings. The second kappa shape index (κ2) is 5.63. The lowest BCUT2D eigenvalue weighted by Crippen LogP contribution is -2.61. The van der Waals surface area contributed by atoms with Crippen molar-refractivity contribution in [1.82, 2.24) is 10.6 Å². The highest BCUT2D eigenvalue weighted by Gasteiger charge is 2.37. The molecule has 0 atom stereocenters. The van der Waals surface area contributed by atoms with Gasteiger partial charge in [0.05, 0.1) is 5.02 Å². The van der Waals surface area contributed by atoms with Crippen molar-refractivity contribution < 1.29 is 4.39 Å². The van der Waals surface area contributed by atoms with Crippen molar-refractivity contribution in [1.29, 1.82) is 0 Å². The molecule has 1 aromatic carbocycles. The number of hydrogen-bond donors (Lipinski definition) is 2. The van der Waals surface area contributed by atoms with Crippen molar-refractivity contribution in [3.8, 4) is 0 Å². The second-order valence-corrected chi connectivity index (χ2v) is 7.50. The molecule has 20 heavy (non-hydrogen) atoms. The first kappa shape index (κ1) is 15.7. The number of halogens is 2. The molecule has 0 unspecified atom stereocenters. The Balaban J connectivity index is 2.02. The summed E-state index contributed by atoms with van der Waals surface area (Å²) in [5.74, 6) is -0.311. The zero-order chi connectivity index (χ0) is 15.0. The van der Waals surface area contributed by atoms with Gasteiger partial charge in [-0.2, -0.15) is 0 Å². The van der Waals surface area contributed by atoms with Gasteiger partial charge < -0.3 is 10.6 Å². The van der Waals surface area contributed by atoms with Crippen LogP contribution < -0.4 is 10.6 Å². The average Bonchev–Trinajstić information content (AvgIpc) is 2.27. The van der Waals surface area contributed by atoms with Gasteiger partial charge in [0.1, 0.15) is 5.82 Å². The molecule has 0 bridgehead atoms. The first-order valence-electron chi connectivity index (χ1n) is 7.14. The summed E-state index contributed by atoms with van der Waals surface area (Å²) in [7, 11) is 0. The molecule has 2 rings (SSSR count). The maximum Gasteiger partial charge on any atom is 0.146 e. The fourth-order valence-corrected chi connectivity index (χ4v) is 3.60. The summed E-state index contributed by atoms with van der Waals surface area (Å²) in [6, 6.07) is 5.53. The van der Waals surface area contributed by atoms with E-state index < -0.39 is 0 Å². The molecule has 2 N–H and O–H groups in total. The van der Waals surface area contributed by atoms with E-state index >= 15 is 0 Å². The highest BCUT2D eigenvalue weighted by atomic mass is 35.5. The fourth-order valence-electron chi connectivity index (χ4n) is 3.41. The topological polar surface area (TPSA) is 24.1 Å². The monoisotopic (exact) mass is 298 g/mol. The first-order valence-corrected chi connectivity index (χ1v) is 7.52. The van der Waals surface area contributed by atoms with Gasteiger partial charge in [-0.1, -0.05) is 23.7 Å². The Morgan fingerprint density at radius 3 is 2.45 bits per heavy atom. The lowest BCUT2D eigenvalue weighted by Gasteiger charge is -2.46. The lowest BCUT2D eigenvalue weighted by atomic mass is 9.79. The van der Waals surface area contributed by atoms with Crippen LogP contribution in [-0.4, -0.2) is 17.1 Å². The Kier molecular flexibility index (Phi) is 4.43. The maximum atomic E-state index is 13.9. The molecular weight excluding hydrogens is 275 g/mol. The predicted molar refractivity (Wildman–Crippen MR) is 82.6 cm³/mol. The molecule has 2 nitrogen and oxygen atoms in total. The molecule has 0 amide bonds. The van der Waals surface area contributed by atoms with Crippen molar-refractivity contribution in [2.75, 3.05) is 0 Å². The number of rotatable bonds is 3. The molecule has 1 aromatic rings. The smallest absolute Gasteiger partial charge is 0.146 e. The van der Waals surface area contributed by atoms with Gasteiger partial charge in [-0.25, -0.2) is 4.39 Å². The van der Waals surface area contributed by atoms with Crippen LogP contribution in [0.3, 0.4) is 0 Å². The van der Waals surface area contributed by atoms with E-state index in [1.54, 1.807) is 18.2 Å². The summed E-state index contributed by atoms with van der Waals surface area (Å²) in [4.78, 5) is 0. The molecule has 1 aliphatic heterocycles. The van der Waals surface area contributed by atoms with Gasteiger partial charge in [-0.3, -0.25) is 0 Å². The minimum absolute atomic E-state index is 0.0896. The Bertz CT molecular complexity index is 469. The summed E-state index contributed by atoms with van der Waals surface area (Å²) in [5, 5.41) is 7.31. The summed E-state index contributed by atoms with van der Waals surface area (Å²) in [5.41, 5.74) is 0.810. The van der Waals surface area contributed by atoms with Crippen molar-refractivity contribution >= 4 is 11.6 Å². The molecule has 1 fully saturated rings. The molecule has 1 saturated heterocycles. The Morgan fingerprint density at radius 1 is 1.25 bits per heavy atom. The Labute approximate surface area is 126 Å². The van der Waals surface area contributed by atoms with Crippen molar-refractivity contribution in [3.63, 3.8) is 0 Å². The molecule has 1 heterocycles. The molecule has 112 valence electrons. The van der Waals surface area contributed by atoms with Gasteiger partial charge in [0.25, 0.3) is 0 Å². The Morgan fingerprint density at radius 2 is 1.85 bits per heavy atom. The predicted octanol–water partition coefficient (Wildman–Crippen LogP) is 3.88. The quantitative estimate of drug-likeness (QED) is 0.885. The van der Waals surface area contributed by atoms with Gasteiger partial charge >= 0.3 is 0 Å². The number of hydrogen-bond acceptors (Lipinski definition) is 2. The largest absolute Gasteiger partial charge is 0.310 e. The zero-order valence-electron chi connectivity index (χ0n) is 12.7. The highest BCUT2D eigenvalue weighted by Crippen LogP contribution is 2.29. The van der Waals surface area contributed by atoms with Gasteiger partial charge in [-0.15, -0.1) is 0 Å². The normalized spacial score (nSPS) is 21.9. The lowest BCUT2D eigenvalue weighted by molar-refractivity contribution is 0.145. The van der Waals surface area contributed by atoms with E-state index in [0.717, 1.165) is 12.8 Å². The Hall–Kier alpha value is -0.640. The SMILES string of the molecule is CC1(C)CC(NCc2cccc(Cl)c2F)CC(C)(C)N1. The summed E-state index contributed by atoms with van der Waals surface area (Å²) < 4.78 is 13.9. The number of nitrogens with one attached hydrogen (secondary N) is 2. The number of piperidine rings is 1. The molecule has 0 aliphatic carbocycles. The van der Waals surface area contributed by atoms with Crippen LogP contribution in [0.5, 0.6) is 0 Å². The van der Waals surface area contributed by atoms with Crippen molar-refractivity contribution in [2.45, 2.75) is 64.2 Å². The number of benzene rings is 1. The van der Waals surface area contributed by atoms with E-state index in [9.17, 15) is 4.39 Å². The van der Waals surface area contributed by atoms with Crippen LogP contribution in [0.2, 0.25) is 5.02 Å². The van der Waals surface area contributed by atoms with Crippen LogP contribution in [0.4, 0.5) is 4.39 Å². The maximum absolute atomic E-state index is 13.9.